The Morgan fingerprint density at radius 1 is 1.36 bits per heavy atom. The third-order valence-electron chi connectivity index (χ3n) is 3.65. The fourth-order valence-corrected chi connectivity index (χ4v) is 3.18. The zero-order valence-electron chi connectivity index (χ0n) is 12.6. The van der Waals surface area contributed by atoms with Gasteiger partial charge >= 0.3 is 0 Å². The molecule has 0 bridgehead atoms. The molecule has 0 N–H and O–H groups in total. The molecule has 5 nitrogen and oxygen atoms in total. The maximum absolute atomic E-state index is 12.4. The number of carbonyl (C=O) groups excluding carboxylic acids is 1. The van der Waals surface area contributed by atoms with Gasteiger partial charge in [0.15, 0.2) is 0 Å². The molecule has 3 heterocycles. The minimum absolute atomic E-state index is 0.00516. The Bertz CT molecular complexity index is 607. The van der Waals surface area contributed by atoms with E-state index in [4.69, 9.17) is 4.74 Å². The Kier molecular flexibility index (Phi) is 4.70. The predicted molar refractivity (Wildman–Crippen MR) is 87.4 cm³/mol. The summed E-state index contributed by atoms with van der Waals surface area (Å²) in [5.41, 5.74) is 0.621. The molecule has 1 fully saturated rings. The van der Waals surface area contributed by atoms with Crippen molar-refractivity contribution in [2.45, 2.75) is 6.54 Å². The van der Waals surface area contributed by atoms with E-state index >= 15 is 0 Å². The summed E-state index contributed by atoms with van der Waals surface area (Å²) in [5, 5.41) is 2.02. The van der Waals surface area contributed by atoms with E-state index in [1.54, 1.807) is 22.4 Å². The van der Waals surface area contributed by atoms with E-state index in [-0.39, 0.29) is 5.91 Å². The third-order valence-corrected chi connectivity index (χ3v) is 4.51. The van der Waals surface area contributed by atoms with Crippen LogP contribution in [0.4, 0.5) is 5.82 Å². The summed E-state index contributed by atoms with van der Waals surface area (Å²) in [6, 6.07) is 7.80. The lowest BCUT2D eigenvalue weighted by Gasteiger charge is -2.27. The number of hydrogen-bond donors (Lipinski definition) is 0. The number of morpholine rings is 1. The van der Waals surface area contributed by atoms with Gasteiger partial charge in [-0.25, -0.2) is 4.98 Å². The van der Waals surface area contributed by atoms with Gasteiger partial charge in [-0.2, -0.15) is 0 Å². The summed E-state index contributed by atoms with van der Waals surface area (Å²) in [7, 11) is 1.82. The molecule has 0 atom stereocenters. The average Bonchev–Trinajstić information content (AvgIpc) is 3.08. The van der Waals surface area contributed by atoms with Crippen molar-refractivity contribution in [3.63, 3.8) is 0 Å². The van der Waals surface area contributed by atoms with Crippen LogP contribution in [-0.4, -0.2) is 49.1 Å². The second kappa shape index (κ2) is 6.89. The van der Waals surface area contributed by atoms with Crippen molar-refractivity contribution in [1.29, 1.82) is 0 Å². The maximum atomic E-state index is 12.4. The minimum atomic E-state index is -0.00516. The van der Waals surface area contributed by atoms with Crippen molar-refractivity contribution in [3.05, 3.63) is 46.3 Å². The normalized spacial score (nSPS) is 14.9. The Labute approximate surface area is 134 Å². The van der Waals surface area contributed by atoms with Crippen LogP contribution >= 0.6 is 11.3 Å². The number of nitrogens with zero attached hydrogens (tertiary/aromatic N) is 3. The van der Waals surface area contributed by atoms with Crippen molar-refractivity contribution in [1.82, 2.24) is 9.88 Å². The van der Waals surface area contributed by atoms with Crippen LogP contribution < -0.4 is 4.90 Å². The molecule has 6 heteroatoms. The van der Waals surface area contributed by atoms with Crippen LogP contribution in [0.25, 0.3) is 0 Å². The fraction of sp³-hybridized carbons (Fsp3) is 0.375. The predicted octanol–water partition coefficient (Wildman–Crippen LogP) is 2.25. The largest absolute Gasteiger partial charge is 0.378 e. The molecular weight excluding hydrogens is 298 g/mol. The molecule has 2 aromatic rings. The molecule has 2 aromatic heterocycles. The minimum Gasteiger partial charge on any atom is -0.378 e. The van der Waals surface area contributed by atoms with Gasteiger partial charge in [-0.3, -0.25) is 4.79 Å². The smallest absolute Gasteiger partial charge is 0.255 e. The van der Waals surface area contributed by atoms with Crippen LogP contribution in [0.3, 0.4) is 0 Å². The van der Waals surface area contributed by atoms with E-state index < -0.39 is 0 Å². The Morgan fingerprint density at radius 2 is 2.18 bits per heavy atom. The van der Waals surface area contributed by atoms with Crippen LogP contribution in [0.2, 0.25) is 0 Å². The molecule has 1 saturated heterocycles. The van der Waals surface area contributed by atoms with E-state index in [9.17, 15) is 4.79 Å². The molecular formula is C16H19N3O2S. The summed E-state index contributed by atoms with van der Waals surface area (Å²) in [6.45, 7) is 3.77. The number of thiophene rings is 1. The van der Waals surface area contributed by atoms with Crippen molar-refractivity contribution < 1.29 is 9.53 Å². The third kappa shape index (κ3) is 3.45. The number of amides is 1. The first-order valence-electron chi connectivity index (χ1n) is 7.30. The highest BCUT2D eigenvalue weighted by atomic mass is 32.1. The number of ether oxygens (including phenoxy) is 1. The second-order valence-corrected chi connectivity index (χ2v) is 6.28. The molecule has 1 amide bonds. The number of hydrogen-bond acceptors (Lipinski definition) is 5. The highest BCUT2D eigenvalue weighted by molar-refractivity contribution is 7.09. The molecule has 0 spiro atoms. The van der Waals surface area contributed by atoms with Crippen LogP contribution in [0.5, 0.6) is 0 Å². The van der Waals surface area contributed by atoms with Gasteiger partial charge < -0.3 is 14.5 Å². The zero-order valence-corrected chi connectivity index (χ0v) is 13.4. The van der Waals surface area contributed by atoms with Crippen LogP contribution in [0.1, 0.15) is 15.2 Å². The molecule has 116 valence electrons. The van der Waals surface area contributed by atoms with Crippen molar-refractivity contribution in [2.75, 3.05) is 38.3 Å². The number of rotatable bonds is 4. The Morgan fingerprint density at radius 3 is 2.82 bits per heavy atom. The van der Waals surface area contributed by atoms with Gasteiger partial charge in [-0.05, 0) is 23.6 Å². The van der Waals surface area contributed by atoms with Gasteiger partial charge in [-0.1, -0.05) is 6.07 Å². The lowest BCUT2D eigenvalue weighted by Crippen LogP contribution is -2.36. The highest BCUT2D eigenvalue weighted by Gasteiger charge is 2.15. The van der Waals surface area contributed by atoms with Crippen molar-refractivity contribution in [2.24, 2.45) is 0 Å². The summed E-state index contributed by atoms with van der Waals surface area (Å²) < 4.78 is 5.34. The van der Waals surface area contributed by atoms with E-state index in [0.717, 1.165) is 32.1 Å². The maximum Gasteiger partial charge on any atom is 0.255 e. The molecule has 0 unspecified atom stereocenters. The molecule has 3 rings (SSSR count). The molecule has 1 aliphatic heterocycles. The number of anilines is 1. The Balaban J connectivity index is 1.65. The van der Waals surface area contributed by atoms with Gasteiger partial charge in [0.05, 0.1) is 25.3 Å². The topological polar surface area (TPSA) is 45.7 Å². The number of carbonyl (C=O) groups is 1. The Hall–Kier alpha value is -1.92. The average molecular weight is 317 g/mol. The molecule has 22 heavy (non-hydrogen) atoms. The molecule has 0 aromatic carbocycles. The summed E-state index contributed by atoms with van der Waals surface area (Å²) in [5.74, 6) is 0.898. The number of pyridine rings is 1. The SMILES string of the molecule is CN(Cc1cccs1)C(=O)c1ccc(N2CCOCC2)nc1. The lowest BCUT2D eigenvalue weighted by molar-refractivity contribution is 0.0786. The van der Waals surface area contributed by atoms with Gasteiger partial charge in [0, 0.05) is 31.2 Å². The van der Waals surface area contributed by atoms with E-state index in [1.165, 1.54) is 4.88 Å². The summed E-state index contributed by atoms with van der Waals surface area (Å²) in [6.07, 6.45) is 1.66. The van der Waals surface area contributed by atoms with E-state index in [1.807, 2.05) is 36.7 Å². The first-order valence-corrected chi connectivity index (χ1v) is 8.18. The lowest BCUT2D eigenvalue weighted by atomic mass is 10.2. The zero-order chi connectivity index (χ0) is 15.4. The second-order valence-electron chi connectivity index (χ2n) is 5.25. The molecule has 0 radical (unpaired) electrons. The van der Waals surface area contributed by atoms with E-state index in [2.05, 4.69) is 9.88 Å². The van der Waals surface area contributed by atoms with Crippen molar-refractivity contribution in [3.8, 4) is 0 Å². The quantitative estimate of drug-likeness (QED) is 0.868. The molecule has 1 aliphatic rings. The summed E-state index contributed by atoms with van der Waals surface area (Å²) in [4.78, 5) is 21.9. The van der Waals surface area contributed by atoms with E-state index in [0.29, 0.717) is 12.1 Å². The van der Waals surface area contributed by atoms with Gasteiger partial charge in [0.25, 0.3) is 5.91 Å². The van der Waals surface area contributed by atoms with Crippen LogP contribution in [0.15, 0.2) is 35.8 Å². The van der Waals surface area contributed by atoms with Gasteiger partial charge in [0.1, 0.15) is 5.82 Å². The van der Waals surface area contributed by atoms with Gasteiger partial charge in [0.2, 0.25) is 0 Å². The first kappa shape index (κ1) is 15.0. The fourth-order valence-electron chi connectivity index (χ4n) is 2.42. The van der Waals surface area contributed by atoms with Crippen LogP contribution in [0, 0.1) is 0 Å². The monoisotopic (exact) mass is 317 g/mol. The first-order chi connectivity index (χ1) is 10.7. The highest BCUT2D eigenvalue weighted by Crippen LogP contribution is 2.16. The molecule has 0 saturated carbocycles. The van der Waals surface area contributed by atoms with Crippen molar-refractivity contribution >= 4 is 23.1 Å². The molecule has 0 aliphatic carbocycles. The van der Waals surface area contributed by atoms with Gasteiger partial charge in [-0.15, -0.1) is 11.3 Å². The number of aromatic nitrogens is 1. The standard InChI is InChI=1S/C16H19N3O2S/c1-18(12-14-3-2-10-22-14)16(20)13-4-5-15(17-11-13)19-6-8-21-9-7-19/h2-5,10-11H,6-9,12H2,1H3. The van der Waals surface area contributed by atoms with Crippen LogP contribution in [-0.2, 0) is 11.3 Å². The summed E-state index contributed by atoms with van der Waals surface area (Å²) >= 11 is 1.66.